The average molecular weight is 424 g/mol. The van der Waals surface area contributed by atoms with Crippen molar-refractivity contribution in [2.45, 2.75) is 45.4 Å². The van der Waals surface area contributed by atoms with E-state index in [0.29, 0.717) is 18.4 Å². The number of aromatic nitrogens is 3. The quantitative estimate of drug-likeness (QED) is 0.662. The highest BCUT2D eigenvalue weighted by Gasteiger charge is 2.35. The van der Waals surface area contributed by atoms with E-state index in [1.54, 1.807) is 0 Å². The van der Waals surface area contributed by atoms with Gasteiger partial charge in [0.15, 0.2) is 0 Å². The molecule has 0 spiro atoms. The lowest BCUT2D eigenvalue weighted by Gasteiger charge is -2.43. The maximum Gasteiger partial charge on any atom is 0.255 e. The summed E-state index contributed by atoms with van der Waals surface area (Å²) < 4.78 is 2.08. The molecule has 0 amide bonds. The van der Waals surface area contributed by atoms with E-state index in [1.807, 2.05) is 24.5 Å². The highest BCUT2D eigenvalue weighted by atomic mass is 32.1. The fourth-order valence-corrected chi connectivity index (χ4v) is 5.88. The first-order valence-electron chi connectivity index (χ1n) is 10.7. The van der Waals surface area contributed by atoms with Gasteiger partial charge in [-0.05, 0) is 43.8 Å². The van der Waals surface area contributed by atoms with Gasteiger partial charge in [0.05, 0.1) is 6.20 Å². The first kappa shape index (κ1) is 19.7. The smallest absolute Gasteiger partial charge is 0.255 e. The Bertz CT molecular complexity index is 1070. The summed E-state index contributed by atoms with van der Waals surface area (Å²) in [6.45, 7) is 7.49. The molecule has 1 saturated heterocycles. The SMILES string of the molecule is Cc1[nH]ncc1CN(C)Cc1ccc2n(c1=O)C[C@H]1C[C@@H]2CN(Cc2cccs2)C1. The van der Waals surface area contributed by atoms with Gasteiger partial charge >= 0.3 is 0 Å². The Morgan fingerprint density at radius 1 is 1.20 bits per heavy atom. The molecule has 1 N–H and O–H groups in total. The molecule has 1 fully saturated rings. The number of rotatable bonds is 6. The van der Waals surface area contributed by atoms with Crippen LogP contribution in [-0.4, -0.2) is 44.7 Å². The Hall–Kier alpha value is -2.22. The molecule has 6 nitrogen and oxygen atoms in total. The first-order valence-corrected chi connectivity index (χ1v) is 11.6. The van der Waals surface area contributed by atoms with E-state index in [1.165, 1.54) is 22.6 Å². The minimum atomic E-state index is 0.199. The van der Waals surface area contributed by atoms with Crippen LogP contribution in [0.15, 0.2) is 40.6 Å². The van der Waals surface area contributed by atoms with Gasteiger partial charge in [-0.2, -0.15) is 5.10 Å². The van der Waals surface area contributed by atoms with Crippen LogP contribution in [-0.2, 0) is 26.2 Å². The minimum absolute atomic E-state index is 0.199. The second kappa shape index (κ2) is 8.13. The second-order valence-corrected chi connectivity index (χ2v) is 10.00. The van der Waals surface area contributed by atoms with Crippen molar-refractivity contribution in [3.63, 3.8) is 0 Å². The van der Waals surface area contributed by atoms with E-state index in [2.05, 4.69) is 61.3 Å². The molecule has 0 aromatic carbocycles. The van der Waals surface area contributed by atoms with Gasteiger partial charge in [-0.25, -0.2) is 0 Å². The van der Waals surface area contributed by atoms with Crippen molar-refractivity contribution < 1.29 is 0 Å². The van der Waals surface area contributed by atoms with Crippen molar-refractivity contribution in [2.75, 3.05) is 20.1 Å². The van der Waals surface area contributed by atoms with E-state index < -0.39 is 0 Å². The predicted molar refractivity (Wildman–Crippen MR) is 120 cm³/mol. The highest BCUT2D eigenvalue weighted by Crippen LogP contribution is 2.36. The molecule has 0 aliphatic carbocycles. The van der Waals surface area contributed by atoms with Crippen molar-refractivity contribution in [3.05, 3.63) is 73.6 Å². The summed E-state index contributed by atoms with van der Waals surface area (Å²) in [5.41, 5.74) is 4.58. The zero-order chi connectivity index (χ0) is 20.7. The fourth-order valence-electron chi connectivity index (χ4n) is 5.14. The molecule has 5 rings (SSSR count). The molecule has 30 heavy (non-hydrogen) atoms. The predicted octanol–water partition coefficient (Wildman–Crippen LogP) is 3.19. The van der Waals surface area contributed by atoms with E-state index in [-0.39, 0.29) is 5.56 Å². The number of thiophene rings is 1. The molecule has 7 heteroatoms. The van der Waals surface area contributed by atoms with Crippen molar-refractivity contribution in [3.8, 4) is 0 Å². The zero-order valence-electron chi connectivity index (χ0n) is 17.7. The van der Waals surface area contributed by atoms with Gasteiger partial charge in [0, 0.05) is 72.6 Å². The molecule has 0 unspecified atom stereocenters. The summed E-state index contributed by atoms with van der Waals surface area (Å²) in [6.07, 6.45) is 3.08. The minimum Gasteiger partial charge on any atom is -0.312 e. The maximum atomic E-state index is 13.3. The Morgan fingerprint density at radius 3 is 2.83 bits per heavy atom. The number of H-pyrrole nitrogens is 1. The number of nitrogens with zero attached hydrogens (tertiary/aromatic N) is 4. The third kappa shape index (κ3) is 3.89. The maximum absolute atomic E-state index is 13.3. The monoisotopic (exact) mass is 423 g/mol. The van der Waals surface area contributed by atoms with Crippen LogP contribution in [0.5, 0.6) is 0 Å². The van der Waals surface area contributed by atoms with Crippen molar-refractivity contribution in [1.82, 2.24) is 24.6 Å². The number of hydrogen-bond donors (Lipinski definition) is 1. The Morgan fingerprint density at radius 2 is 2.07 bits per heavy atom. The van der Waals surface area contributed by atoms with Crippen LogP contribution in [0.4, 0.5) is 0 Å². The molecule has 2 bridgehead atoms. The standard InChI is InChI=1S/C23H29N5OS/c1-16-20(9-24-25-16)13-26(2)12-18-5-6-22-19-8-17(11-28(22)23(18)29)10-27(14-19)15-21-4-3-7-30-21/h3-7,9,17,19H,8,10-15H2,1-2H3,(H,24,25)/t17-,19+/m0/s1. The van der Waals surface area contributed by atoms with Gasteiger partial charge in [-0.1, -0.05) is 12.1 Å². The summed E-state index contributed by atoms with van der Waals surface area (Å²) in [4.78, 5) is 19.5. The van der Waals surface area contributed by atoms with Gasteiger partial charge in [0.2, 0.25) is 0 Å². The number of pyridine rings is 1. The lowest BCUT2D eigenvalue weighted by molar-refractivity contribution is 0.115. The Balaban J connectivity index is 1.32. The van der Waals surface area contributed by atoms with Crippen LogP contribution in [0.2, 0.25) is 0 Å². The Labute approximate surface area is 181 Å². The number of aryl methyl sites for hydroxylation is 1. The van der Waals surface area contributed by atoms with Gasteiger partial charge in [0.25, 0.3) is 5.56 Å². The number of fused-ring (bicyclic) bond motifs is 4. The summed E-state index contributed by atoms with van der Waals surface area (Å²) >= 11 is 1.83. The lowest BCUT2D eigenvalue weighted by Crippen LogP contribution is -2.47. The van der Waals surface area contributed by atoms with Gasteiger partial charge in [-0.3, -0.25) is 19.7 Å². The molecule has 3 aromatic heterocycles. The van der Waals surface area contributed by atoms with Gasteiger partial charge in [0.1, 0.15) is 0 Å². The zero-order valence-corrected chi connectivity index (χ0v) is 18.5. The normalized spacial score (nSPS) is 21.2. The van der Waals surface area contributed by atoms with E-state index in [9.17, 15) is 4.79 Å². The molecule has 0 radical (unpaired) electrons. The topological polar surface area (TPSA) is 57.2 Å². The fraction of sp³-hybridized carbons (Fsp3) is 0.478. The van der Waals surface area contributed by atoms with Crippen molar-refractivity contribution >= 4 is 11.3 Å². The van der Waals surface area contributed by atoms with Crippen molar-refractivity contribution in [2.24, 2.45) is 5.92 Å². The van der Waals surface area contributed by atoms with E-state index in [4.69, 9.17) is 0 Å². The summed E-state index contributed by atoms with van der Waals surface area (Å²) in [5.74, 6) is 1.03. The van der Waals surface area contributed by atoms with Crippen LogP contribution in [0.1, 0.15) is 39.7 Å². The number of likely N-dealkylation sites (tertiary alicyclic amines) is 1. The van der Waals surface area contributed by atoms with E-state index in [0.717, 1.165) is 44.0 Å². The lowest BCUT2D eigenvalue weighted by atomic mass is 9.83. The van der Waals surface area contributed by atoms with Crippen LogP contribution < -0.4 is 5.56 Å². The summed E-state index contributed by atoms with van der Waals surface area (Å²) in [7, 11) is 2.06. The molecule has 2 aliphatic rings. The van der Waals surface area contributed by atoms with Crippen LogP contribution in [0.3, 0.4) is 0 Å². The molecule has 2 aliphatic heterocycles. The third-order valence-electron chi connectivity index (χ3n) is 6.53. The van der Waals surface area contributed by atoms with Crippen molar-refractivity contribution in [1.29, 1.82) is 0 Å². The number of hydrogen-bond acceptors (Lipinski definition) is 5. The van der Waals surface area contributed by atoms with Gasteiger partial charge in [-0.15, -0.1) is 11.3 Å². The Kier molecular flexibility index (Phi) is 5.35. The first-order chi connectivity index (χ1) is 14.6. The summed E-state index contributed by atoms with van der Waals surface area (Å²) in [6, 6.07) is 8.63. The molecule has 158 valence electrons. The third-order valence-corrected chi connectivity index (χ3v) is 7.39. The van der Waals surface area contributed by atoms with Crippen LogP contribution >= 0.6 is 11.3 Å². The van der Waals surface area contributed by atoms with E-state index >= 15 is 0 Å². The number of aromatic amines is 1. The molecule has 5 heterocycles. The average Bonchev–Trinajstić information content (AvgIpc) is 3.36. The van der Waals surface area contributed by atoms with Crippen LogP contribution in [0, 0.1) is 12.8 Å². The molecular weight excluding hydrogens is 394 g/mol. The molecule has 0 saturated carbocycles. The largest absolute Gasteiger partial charge is 0.312 e. The summed E-state index contributed by atoms with van der Waals surface area (Å²) in [5, 5.41) is 9.24. The number of piperidine rings is 1. The van der Waals surface area contributed by atoms with Crippen LogP contribution in [0.25, 0.3) is 0 Å². The second-order valence-electron chi connectivity index (χ2n) is 8.96. The highest BCUT2D eigenvalue weighted by molar-refractivity contribution is 7.09. The number of nitrogens with one attached hydrogen (secondary N) is 1. The molecular formula is C23H29N5OS. The molecule has 2 atom stereocenters. The molecule has 3 aromatic rings. The van der Waals surface area contributed by atoms with Gasteiger partial charge < -0.3 is 4.57 Å².